The van der Waals surface area contributed by atoms with Crippen LogP contribution in [0.2, 0.25) is 0 Å². The SMILES string of the molecule is C=C(C)CN=c1scc(-c2cc(OC)ccc2OC)n1N=Cc1cc(Br)c(O)c(Br)c1. The lowest BCUT2D eigenvalue weighted by Crippen LogP contribution is -2.13. The molecule has 2 aromatic carbocycles. The Balaban J connectivity index is 2.17. The molecule has 0 unspecified atom stereocenters. The molecule has 0 bridgehead atoms. The number of phenolic OH excluding ortho intramolecular Hbond substituents is 1. The number of aromatic nitrogens is 1. The van der Waals surface area contributed by atoms with Crippen molar-refractivity contribution in [1.82, 2.24) is 4.68 Å². The fourth-order valence-corrected chi connectivity index (χ4v) is 4.76. The maximum absolute atomic E-state index is 9.96. The molecule has 1 heterocycles. The number of nitrogens with zero attached hydrogens (tertiary/aromatic N) is 3. The number of methoxy groups -OCH3 is 2. The molecule has 31 heavy (non-hydrogen) atoms. The summed E-state index contributed by atoms with van der Waals surface area (Å²) in [7, 11) is 3.25. The molecule has 3 aromatic rings. The number of hydrogen-bond acceptors (Lipinski definition) is 6. The summed E-state index contributed by atoms with van der Waals surface area (Å²) in [6.07, 6.45) is 1.71. The van der Waals surface area contributed by atoms with Crippen molar-refractivity contribution in [3.63, 3.8) is 0 Å². The van der Waals surface area contributed by atoms with E-state index in [1.807, 2.05) is 30.5 Å². The van der Waals surface area contributed by atoms with Crippen LogP contribution in [0, 0.1) is 0 Å². The zero-order valence-corrected chi connectivity index (χ0v) is 21.2. The molecule has 9 heteroatoms. The number of hydrogen-bond donors (Lipinski definition) is 1. The summed E-state index contributed by atoms with van der Waals surface area (Å²) in [5, 5.41) is 16.6. The van der Waals surface area contributed by atoms with Gasteiger partial charge in [-0.05, 0) is 74.7 Å². The molecular formula is C22H21Br2N3O3S. The lowest BCUT2D eigenvalue weighted by Gasteiger charge is -2.11. The van der Waals surface area contributed by atoms with Crippen LogP contribution < -0.4 is 14.3 Å². The van der Waals surface area contributed by atoms with Crippen molar-refractivity contribution < 1.29 is 14.6 Å². The molecule has 0 fully saturated rings. The van der Waals surface area contributed by atoms with Gasteiger partial charge in [0.1, 0.15) is 17.2 Å². The topological polar surface area (TPSA) is 68.3 Å². The maximum atomic E-state index is 9.96. The monoisotopic (exact) mass is 565 g/mol. The summed E-state index contributed by atoms with van der Waals surface area (Å²) in [6, 6.07) is 9.18. The molecule has 0 aliphatic rings. The second-order valence-corrected chi connectivity index (χ2v) is 9.18. The Hall–Kier alpha value is -2.36. The molecule has 0 saturated heterocycles. The molecule has 0 aliphatic carbocycles. The van der Waals surface area contributed by atoms with E-state index in [4.69, 9.17) is 14.6 Å². The molecule has 0 saturated carbocycles. The molecule has 162 valence electrons. The molecule has 0 amide bonds. The molecule has 0 aliphatic heterocycles. The van der Waals surface area contributed by atoms with E-state index in [0.717, 1.165) is 27.2 Å². The third kappa shape index (κ3) is 5.47. The van der Waals surface area contributed by atoms with Crippen molar-refractivity contribution in [2.45, 2.75) is 6.92 Å². The highest BCUT2D eigenvalue weighted by Gasteiger charge is 2.14. The van der Waals surface area contributed by atoms with Crippen molar-refractivity contribution in [2.24, 2.45) is 10.1 Å². The third-order valence-corrected chi connectivity index (χ3v) is 6.28. The predicted molar refractivity (Wildman–Crippen MR) is 133 cm³/mol. The zero-order valence-electron chi connectivity index (χ0n) is 17.2. The van der Waals surface area contributed by atoms with Gasteiger partial charge in [-0.25, -0.2) is 4.68 Å². The van der Waals surface area contributed by atoms with E-state index in [9.17, 15) is 5.11 Å². The van der Waals surface area contributed by atoms with Gasteiger partial charge in [0, 0.05) is 10.9 Å². The Labute approximate surface area is 201 Å². The first-order valence-electron chi connectivity index (χ1n) is 9.14. The quantitative estimate of drug-likeness (QED) is 0.289. The van der Waals surface area contributed by atoms with Gasteiger partial charge in [0.2, 0.25) is 4.80 Å². The fourth-order valence-electron chi connectivity index (χ4n) is 2.71. The molecule has 0 spiro atoms. The van der Waals surface area contributed by atoms with Crippen molar-refractivity contribution >= 4 is 49.4 Å². The zero-order chi connectivity index (χ0) is 22.5. The summed E-state index contributed by atoms with van der Waals surface area (Å²) in [5.41, 5.74) is 3.40. The summed E-state index contributed by atoms with van der Waals surface area (Å²) in [5.74, 6) is 1.55. The minimum absolute atomic E-state index is 0.138. The lowest BCUT2D eigenvalue weighted by molar-refractivity contribution is 0.404. The summed E-state index contributed by atoms with van der Waals surface area (Å²) >= 11 is 8.18. The number of thiazole rings is 1. The summed E-state index contributed by atoms with van der Waals surface area (Å²) in [4.78, 5) is 5.37. The van der Waals surface area contributed by atoms with Crippen LogP contribution in [0.15, 0.2) is 66.9 Å². The van der Waals surface area contributed by atoms with Crippen LogP contribution in [0.5, 0.6) is 17.2 Å². The smallest absolute Gasteiger partial charge is 0.206 e. The molecule has 0 atom stereocenters. The first-order valence-corrected chi connectivity index (χ1v) is 11.6. The predicted octanol–water partition coefficient (Wildman–Crippen LogP) is 5.82. The Bertz CT molecular complexity index is 1190. The van der Waals surface area contributed by atoms with E-state index in [0.29, 0.717) is 27.0 Å². The number of aromatic hydroxyl groups is 1. The number of benzene rings is 2. The summed E-state index contributed by atoms with van der Waals surface area (Å²) < 4.78 is 13.9. The minimum Gasteiger partial charge on any atom is -0.506 e. The molecule has 6 nitrogen and oxygen atoms in total. The van der Waals surface area contributed by atoms with Gasteiger partial charge in [-0.1, -0.05) is 12.2 Å². The van der Waals surface area contributed by atoms with Crippen LogP contribution >= 0.6 is 43.2 Å². The van der Waals surface area contributed by atoms with Crippen LogP contribution in [0.3, 0.4) is 0 Å². The molecule has 3 rings (SSSR count). The number of phenols is 1. The van der Waals surface area contributed by atoms with Gasteiger partial charge in [-0.15, -0.1) is 11.3 Å². The largest absolute Gasteiger partial charge is 0.506 e. The number of halogens is 2. The van der Waals surface area contributed by atoms with Gasteiger partial charge in [0.05, 0.1) is 41.6 Å². The number of ether oxygens (including phenoxy) is 2. The Morgan fingerprint density at radius 2 is 1.90 bits per heavy atom. The first-order chi connectivity index (χ1) is 14.8. The van der Waals surface area contributed by atoms with Crippen LogP contribution in [-0.4, -0.2) is 36.8 Å². The van der Waals surface area contributed by atoms with E-state index >= 15 is 0 Å². The normalized spacial score (nSPS) is 11.8. The average Bonchev–Trinajstić information content (AvgIpc) is 3.16. The van der Waals surface area contributed by atoms with Gasteiger partial charge >= 0.3 is 0 Å². The van der Waals surface area contributed by atoms with E-state index in [-0.39, 0.29) is 5.75 Å². The van der Waals surface area contributed by atoms with Crippen molar-refractivity contribution in [3.8, 4) is 28.5 Å². The second kappa shape index (κ2) is 10.3. The highest BCUT2D eigenvalue weighted by Crippen LogP contribution is 2.34. The van der Waals surface area contributed by atoms with Crippen LogP contribution in [0.4, 0.5) is 0 Å². The van der Waals surface area contributed by atoms with Gasteiger partial charge in [-0.3, -0.25) is 4.99 Å². The van der Waals surface area contributed by atoms with Crippen LogP contribution in [-0.2, 0) is 0 Å². The molecule has 1 N–H and O–H groups in total. The van der Waals surface area contributed by atoms with Gasteiger partial charge in [0.25, 0.3) is 0 Å². The Morgan fingerprint density at radius 1 is 1.19 bits per heavy atom. The van der Waals surface area contributed by atoms with Crippen molar-refractivity contribution in [2.75, 3.05) is 20.8 Å². The Kier molecular flexibility index (Phi) is 7.74. The lowest BCUT2D eigenvalue weighted by atomic mass is 10.1. The van der Waals surface area contributed by atoms with Gasteiger partial charge in [0.15, 0.2) is 0 Å². The Morgan fingerprint density at radius 3 is 2.52 bits per heavy atom. The average molecular weight is 567 g/mol. The van der Waals surface area contributed by atoms with Crippen molar-refractivity contribution in [1.29, 1.82) is 0 Å². The van der Waals surface area contributed by atoms with Crippen LogP contribution in [0.25, 0.3) is 11.3 Å². The number of rotatable bonds is 7. The van der Waals surface area contributed by atoms with E-state index < -0.39 is 0 Å². The second-order valence-electron chi connectivity index (χ2n) is 6.63. The standard InChI is InChI=1S/C22H21Br2N3O3S/c1-13(2)10-25-22-27(26-11-14-7-17(23)21(28)18(24)8-14)19(12-31-22)16-9-15(29-3)5-6-20(16)30-4/h5-9,11-12,28H,1,10H2,2-4H3. The fraction of sp³-hybridized carbons (Fsp3) is 0.182. The maximum Gasteiger partial charge on any atom is 0.206 e. The van der Waals surface area contributed by atoms with Gasteiger partial charge < -0.3 is 14.6 Å². The first kappa shape index (κ1) is 23.3. The third-order valence-electron chi connectivity index (χ3n) is 4.21. The van der Waals surface area contributed by atoms with Gasteiger partial charge in [-0.2, -0.15) is 5.10 Å². The van der Waals surface area contributed by atoms with E-state index in [1.54, 1.807) is 37.2 Å². The van der Waals surface area contributed by atoms with Crippen LogP contribution in [0.1, 0.15) is 12.5 Å². The van der Waals surface area contributed by atoms with E-state index in [1.165, 1.54) is 11.3 Å². The van der Waals surface area contributed by atoms with E-state index in [2.05, 4.69) is 43.4 Å². The highest BCUT2D eigenvalue weighted by atomic mass is 79.9. The summed E-state index contributed by atoms with van der Waals surface area (Å²) in [6.45, 7) is 6.36. The molecular weight excluding hydrogens is 546 g/mol. The highest BCUT2D eigenvalue weighted by molar-refractivity contribution is 9.11. The van der Waals surface area contributed by atoms with Crippen molar-refractivity contribution in [3.05, 3.63) is 67.2 Å². The molecule has 1 aromatic heterocycles. The minimum atomic E-state index is 0.138. The molecule has 0 radical (unpaired) electrons.